The number of pyridine rings is 1. The number of aryl methyl sites for hydroxylation is 3. The lowest BCUT2D eigenvalue weighted by atomic mass is 10.0. The van der Waals surface area contributed by atoms with Crippen LogP contribution < -0.4 is 10.2 Å². The molecule has 0 fully saturated rings. The van der Waals surface area contributed by atoms with E-state index < -0.39 is 0 Å². The molecule has 2 aromatic carbocycles. The number of nitrogens with zero attached hydrogens (tertiary/aromatic N) is 2. The quantitative estimate of drug-likeness (QED) is 0.550. The molecule has 1 heterocycles. The van der Waals surface area contributed by atoms with Crippen molar-refractivity contribution in [1.82, 2.24) is 4.98 Å². The molecule has 0 unspecified atom stereocenters. The zero-order valence-electron chi connectivity index (χ0n) is 14.8. The van der Waals surface area contributed by atoms with Gasteiger partial charge in [0.2, 0.25) is 0 Å². The highest BCUT2D eigenvalue weighted by Gasteiger charge is 2.07. The molecule has 0 amide bonds. The maximum absolute atomic E-state index is 10.1. The summed E-state index contributed by atoms with van der Waals surface area (Å²) in [5.74, 6) is 1.13. The zero-order valence-corrected chi connectivity index (χ0v) is 14.8. The number of hydrogen-bond donors (Lipinski definition) is 2. The van der Waals surface area contributed by atoms with Crippen LogP contribution in [0.25, 0.3) is 10.9 Å². The summed E-state index contributed by atoms with van der Waals surface area (Å²) < 4.78 is 5.09. The van der Waals surface area contributed by atoms with E-state index in [9.17, 15) is 5.11 Å². The molecule has 128 valence electrons. The highest BCUT2D eigenvalue weighted by atomic mass is 16.5. The number of ether oxygens (including phenoxy) is 1. The number of fused-ring (bicyclic) bond motifs is 1. The van der Waals surface area contributed by atoms with Gasteiger partial charge in [0.15, 0.2) is 11.5 Å². The number of hydrazone groups is 1. The van der Waals surface area contributed by atoms with Crippen molar-refractivity contribution in [2.45, 2.75) is 20.8 Å². The van der Waals surface area contributed by atoms with Gasteiger partial charge in [-0.15, -0.1) is 0 Å². The van der Waals surface area contributed by atoms with E-state index in [0.29, 0.717) is 17.1 Å². The molecule has 0 radical (unpaired) electrons. The van der Waals surface area contributed by atoms with E-state index in [-0.39, 0.29) is 5.75 Å². The molecule has 0 atom stereocenters. The molecule has 0 saturated heterocycles. The molecule has 0 bridgehead atoms. The first-order chi connectivity index (χ1) is 12.0. The third-order valence-corrected chi connectivity index (χ3v) is 4.09. The fraction of sp³-hybridized carbons (Fsp3) is 0.200. The van der Waals surface area contributed by atoms with Crippen LogP contribution in [0.4, 0.5) is 5.82 Å². The van der Waals surface area contributed by atoms with E-state index in [1.807, 2.05) is 6.07 Å². The van der Waals surface area contributed by atoms with Crippen molar-refractivity contribution in [3.05, 3.63) is 58.7 Å². The Morgan fingerprint density at radius 3 is 2.68 bits per heavy atom. The minimum Gasteiger partial charge on any atom is -0.504 e. The van der Waals surface area contributed by atoms with Gasteiger partial charge in [-0.3, -0.25) is 5.43 Å². The minimum absolute atomic E-state index is 0.0597. The molecule has 1 aromatic heterocycles. The molecule has 5 nitrogen and oxygen atoms in total. The second kappa shape index (κ2) is 6.81. The second-order valence-electron chi connectivity index (χ2n) is 6.07. The third kappa shape index (κ3) is 3.40. The largest absolute Gasteiger partial charge is 0.504 e. The average Bonchev–Trinajstić information content (AvgIpc) is 2.57. The van der Waals surface area contributed by atoms with Crippen LogP contribution in [-0.2, 0) is 0 Å². The van der Waals surface area contributed by atoms with Crippen molar-refractivity contribution < 1.29 is 9.84 Å². The van der Waals surface area contributed by atoms with E-state index in [2.05, 4.69) is 48.4 Å². The van der Waals surface area contributed by atoms with Gasteiger partial charge in [-0.05, 0) is 56.2 Å². The number of nitrogens with one attached hydrogen (secondary N) is 1. The maximum atomic E-state index is 10.1. The molecule has 0 saturated carbocycles. The summed E-state index contributed by atoms with van der Waals surface area (Å²) in [6.45, 7) is 6.21. The molecule has 0 spiro atoms. The van der Waals surface area contributed by atoms with Gasteiger partial charge < -0.3 is 9.84 Å². The van der Waals surface area contributed by atoms with E-state index in [0.717, 1.165) is 22.0 Å². The molecular weight excluding hydrogens is 314 g/mol. The Morgan fingerprint density at radius 2 is 1.92 bits per heavy atom. The summed E-state index contributed by atoms with van der Waals surface area (Å²) in [5, 5.41) is 15.4. The Hall–Kier alpha value is -3.08. The number of benzene rings is 2. The van der Waals surface area contributed by atoms with Crippen LogP contribution >= 0.6 is 0 Å². The zero-order chi connectivity index (χ0) is 18.0. The number of methoxy groups -OCH3 is 1. The Balaban J connectivity index is 1.89. The number of para-hydroxylation sites is 1. The third-order valence-electron chi connectivity index (χ3n) is 4.09. The Bertz CT molecular complexity index is 965. The van der Waals surface area contributed by atoms with Crippen LogP contribution in [-0.4, -0.2) is 23.4 Å². The maximum Gasteiger partial charge on any atom is 0.166 e. The van der Waals surface area contributed by atoms with Gasteiger partial charge in [0, 0.05) is 10.9 Å². The first-order valence-corrected chi connectivity index (χ1v) is 8.03. The van der Waals surface area contributed by atoms with E-state index in [4.69, 9.17) is 4.74 Å². The van der Waals surface area contributed by atoms with Gasteiger partial charge in [0.1, 0.15) is 5.82 Å². The monoisotopic (exact) mass is 335 g/mol. The number of aromatic hydroxyl groups is 1. The Kier molecular flexibility index (Phi) is 4.57. The van der Waals surface area contributed by atoms with Crippen LogP contribution in [0.3, 0.4) is 0 Å². The van der Waals surface area contributed by atoms with Crippen LogP contribution in [0.5, 0.6) is 11.5 Å². The van der Waals surface area contributed by atoms with Crippen molar-refractivity contribution in [2.24, 2.45) is 5.10 Å². The van der Waals surface area contributed by atoms with Gasteiger partial charge in [0.05, 0.1) is 18.8 Å². The second-order valence-corrected chi connectivity index (χ2v) is 6.07. The standard InChI is InChI=1S/C20H21N3O2/c1-12-8-14(3)19-16(9-12)13(2)10-18(22-19)23-21-11-15-6-5-7-17(25-4)20(15)24/h5-11,24H,1-4H3,(H,22,23)/b21-11+. The number of anilines is 1. The highest BCUT2D eigenvalue weighted by Crippen LogP contribution is 2.28. The molecule has 0 aliphatic carbocycles. The van der Waals surface area contributed by atoms with Crippen molar-refractivity contribution >= 4 is 22.9 Å². The minimum atomic E-state index is 0.0597. The number of hydrogen-bond acceptors (Lipinski definition) is 5. The molecule has 0 aliphatic rings. The first-order valence-electron chi connectivity index (χ1n) is 8.03. The summed E-state index contributed by atoms with van der Waals surface area (Å²) in [6.07, 6.45) is 1.54. The topological polar surface area (TPSA) is 66.7 Å². The molecule has 3 rings (SSSR count). The number of aromatic nitrogens is 1. The van der Waals surface area contributed by atoms with Crippen molar-refractivity contribution in [1.29, 1.82) is 0 Å². The molecule has 0 aliphatic heterocycles. The normalized spacial score (nSPS) is 11.2. The lowest BCUT2D eigenvalue weighted by molar-refractivity contribution is 0.373. The van der Waals surface area contributed by atoms with Gasteiger partial charge in [-0.25, -0.2) is 4.98 Å². The SMILES string of the molecule is COc1cccc(/C=N/Nc2cc(C)c3cc(C)cc(C)c3n2)c1O. The lowest BCUT2D eigenvalue weighted by Crippen LogP contribution is -1.97. The molecule has 5 heteroatoms. The molecule has 3 aromatic rings. The molecule has 25 heavy (non-hydrogen) atoms. The Labute approximate surface area is 147 Å². The smallest absolute Gasteiger partial charge is 0.166 e. The lowest BCUT2D eigenvalue weighted by Gasteiger charge is -2.09. The van der Waals surface area contributed by atoms with Crippen molar-refractivity contribution in [3.63, 3.8) is 0 Å². The number of phenols is 1. The summed E-state index contributed by atoms with van der Waals surface area (Å²) in [5.41, 5.74) is 7.97. The van der Waals surface area contributed by atoms with Gasteiger partial charge in [-0.1, -0.05) is 17.7 Å². The first kappa shape index (κ1) is 16.8. The van der Waals surface area contributed by atoms with E-state index in [1.165, 1.54) is 12.7 Å². The van der Waals surface area contributed by atoms with E-state index >= 15 is 0 Å². The number of phenolic OH excluding ortho intramolecular Hbond substituents is 1. The summed E-state index contributed by atoms with van der Waals surface area (Å²) in [6, 6.07) is 11.5. The van der Waals surface area contributed by atoms with Gasteiger partial charge in [-0.2, -0.15) is 5.10 Å². The Morgan fingerprint density at radius 1 is 1.12 bits per heavy atom. The molecule has 2 N–H and O–H groups in total. The number of rotatable bonds is 4. The average molecular weight is 335 g/mol. The van der Waals surface area contributed by atoms with Crippen LogP contribution in [0.15, 0.2) is 41.5 Å². The van der Waals surface area contributed by atoms with Gasteiger partial charge in [0.25, 0.3) is 0 Å². The summed E-state index contributed by atoms with van der Waals surface area (Å²) in [7, 11) is 1.51. The predicted molar refractivity (Wildman–Crippen MR) is 102 cm³/mol. The van der Waals surface area contributed by atoms with Crippen LogP contribution in [0, 0.1) is 20.8 Å². The summed E-state index contributed by atoms with van der Waals surface area (Å²) >= 11 is 0. The predicted octanol–water partition coefficient (Wildman–Crippen LogP) is 4.32. The van der Waals surface area contributed by atoms with E-state index in [1.54, 1.807) is 24.4 Å². The van der Waals surface area contributed by atoms with Crippen LogP contribution in [0.2, 0.25) is 0 Å². The van der Waals surface area contributed by atoms with Crippen LogP contribution in [0.1, 0.15) is 22.3 Å². The van der Waals surface area contributed by atoms with Crippen molar-refractivity contribution in [2.75, 3.05) is 12.5 Å². The summed E-state index contributed by atoms with van der Waals surface area (Å²) in [4.78, 5) is 4.65. The fourth-order valence-electron chi connectivity index (χ4n) is 2.88. The molecular formula is C20H21N3O2. The fourth-order valence-corrected chi connectivity index (χ4v) is 2.88. The highest BCUT2D eigenvalue weighted by molar-refractivity contribution is 5.88. The van der Waals surface area contributed by atoms with Crippen molar-refractivity contribution in [3.8, 4) is 11.5 Å². The van der Waals surface area contributed by atoms with Gasteiger partial charge >= 0.3 is 0 Å².